The fourth-order valence-corrected chi connectivity index (χ4v) is 6.61. The van der Waals surface area contributed by atoms with Gasteiger partial charge < -0.3 is 19.4 Å². The first-order valence-corrected chi connectivity index (χ1v) is 15.0. The molecule has 1 amide bonds. The summed E-state index contributed by atoms with van der Waals surface area (Å²) in [6, 6.07) is 10.1. The molecule has 2 saturated heterocycles. The van der Waals surface area contributed by atoms with Crippen LogP contribution in [0.1, 0.15) is 6.42 Å². The number of hydrogen-bond donors (Lipinski definition) is 0. The number of rotatable bonds is 7. The van der Waals surface area contributed by atoms with Crippen LogP contribution in [-0.2, 0) is 4.79 Å². The van der Waals surface area contributed by atoms with Crippen molar-refractivity contribution in [1.82, 2.24) is 19.8 Å². The highest BCUT2D eigenvalue weighted by molar-refractivity contribution is 6.36. The molecule has 0 radical (unpaired) electrons. The zero-order chi connectivity index (χ0) is 32.7. The highest BCUT2D eigenvalue weighted by Gasteiger charge is 2.36. The van der Waals surface area contributed by atoms with E-state index in [1.54, 1.807) is 48.3 Å². The van der Waals surface area contributed by atoms with E-state index in [9.17, 15) is 13.6 Å². The Labute approximate surface area is 267 Å². The molecule has 13 heteroatoms. The number of carbonyl (C=O) groups is 1. The fourth-order valence-electron chi connectivity index (χ4n) is 6.33. The minimum atomic E-state index is -1.15. The van der Waals surface area contributed by atoms with Crippen molar-refractivity contribution in [2.45, 2.75) is 24.7 Å². The molecule has 3 aromatic carbocycles. The lowest BCUT2D eigenvalue weighted by atomic mass is 9.96. The number of benzene rings is 3. The number of alkyl halides is 1. The Morgan fingerprint density at radius 3 is 2.61 bits per heavy atom. The zero-order valence-corrected chi connectivity index (χ0v) is 25.6. The van der Waals surface area contributed by atoms with Crippen LogP contribution in [0, 0.1) is 18.2 Å². The molecule has 2 aliphatic heterocycles. The van der Waals surface area contributed by atoms with Gasteiger partial charge in [-0.2, -0.15) is 9.97 Å². The second-order valence-corrected chi connectivity index (χ2v) is 11.9. The lowest BCUT2D eigenvalue weighted by molar-refractivity contribution is -0.131. The molecule has 0 unspecified atom stereocenters. The maximum absolute atomic E-state index is 16.7. The van der Waals surface area contributed by atoms with Crippen LogP contribution in [0.15, 0.2) is 54.9 Å². The Hall–Kier alpha value is -4.47. The van der Waals surface area contributed by atoms with Crippen LogP contribution >= 0.6 is 11.6 Å². The lowest BCUT2D eigenvalue weighted by Crippen LogP contribution is -2.56. The molecule has 0 spiro atoms. The van der Waals surface area contributed by atoms with E-state index in [2.05, 4.69) is 21.4 Å². The lowest BCUT2D eigenvalue weighted by Gasteiger charge is -2.39. The number of nitrogens with zero attached hydrogens (tertiary/aromatic N) is 6. The quantitative estimate of drug-likeness (QED) is 0.134. The molecule has 2 fully saturated rings. The molecular formula is C33H29ClF4N6O2. The van der Waals surface area contributed by atoms with Crippen LogP contribution in [0.2, 0.25) is 5.02 Å². The maximum Gasteiger partial charge on any atom is 0.319 e. The van der Waals surface area contributed by atoms with Gasteiger partial charge in [0.15, 0.2) is 11.6 Å². The van der Waals surface area contributed by atoms with E-state index >= 15 is 8.78 Å². The predicted octanol–water partition coefficient (Wildman–Crippen LogP) is 6.22. The van der Waals surface area contributed by atoms with Gasteiger partial charge in [-0.1, -0.05) is 48.5 Å². The van der Waals surface area contributed by atoms with Crippen LogP contribution in [0.3, 0.4) is 0 Å². The second kappa shape index (κ2) is 12.7. The number of anilines is 1. The highest BCUT2D eigenvalue weighted by atomic mass is 35.5. The van der Waals surface area contributed by atoms with Gasteiger partial charge in [-0.25, -0.2) is 24.1 Å². The number of hydrogen-bond acceptors (Lipinski definition) is 6. The molecule has 3 heterocycles. The van der Waals surface area contributed by atoms with E-state index in [-0.39, 0.29) is 85.7 Å². The molecule has 0 aliphatic carbocycles. The summed E-state index contributed by atoms with van der Waals surface area (Å²) in [5.74, 6) is -3.79. The van der Waals surface area contributed by atoms with E-state index in [0.29, 0.717) is 15.8 Å². The Morgan fingerprint density at radius 1 is 1.15 bits per heavy atom. The van der Waals surface area contributed by atoms with Gasteiger partial charge in [-0.05, 0) is 36.6 Å². The Kier molecular flexibility index (Phi) is 8.72. The van der Waals surface area contributed by atoms with Gasteiger partial charge >= 0.3 is 6.01 Å². The van der Waals surface area contributed by atoms with Crippen molar-refractivity contribution in [2.75, 3.05) is 51.3 Å². The first-order valence-electron chi connectivity index (χ1n) is 14.6. The monoisotopic (exact) mass is 652 g/mol. The second-order valence-electron chi connectivity index (χ2n) is 11.5. The van der Waals surface area contributed by atoms with E-state index in [4.69, 9.17) is 22.9 Å². The van der Waals surface area contributed by atoms with Gasteiger partial charge in [0.1, 0.15) is 36.0 Å². The first-order chi connectivity index (χ1) is 22.1. The van der Waals surface area contributed by atoms with Crippen molar-refractivity contribution < 1.29 is 27.1 Å². The minimum Gasteiger partial charge on any atom is -0.462 e. The van der Waals surface area contributed by atoms with Gasteiger partial charge in [0.2, 0.25) is 6.54 Å². The maximum atomic E-state index is 16.7. The van der Waals surface area contributed by atoms with Crippen molar-refractivity contribution in [3.63, 3.8) is 0 Å². The van der Waals surface area contributed by atoms with Crippen molar-refractivity contribution in [1.29, 1.82) is 0 Å². The number of fused-ring (bicyclic) bond motifs is 2. The van der Waals surface area contributed by atoms with Gasteiger partial charge in [-0.3, -0.25) is 9.69 Å². The number of piperazine rings is 1. The molecule has 238 valence electrons. The molecule has 1 aromatic heterocycles. The topological polar surface area (TPSA) is 66.2 Å². The third-order valence-electron chi connectivity index (χ3n) is 8.58. The van der Waals surface area contributed by atoms with Gasteiger partial charge in [0.25, 0.3) is 5.91 Å². The van der Waals surface area contributed by atoms with Crippen LogP contribution in [-0.4, -0.2) is 90.3 Å². The normalized spacial score (nSPS) is 20.3. The van der Waals surface area contributed by atoms with Crippen LogP contribution in [0.4, 0.5) is 23.4 Å². The average Bonchev–Trinajstić information content (AvgIpc) is 3.36. The molecular weight excluding hydrogens is 624 g/mol. The molecule has 0 saturated carbocycles. The summed E-state index contributed by atoms with van der Waals surface area (Å²) in [4.78, 5) is 29.5. The van der Waals surface area contributed by atoms with Crippen LogP contribution < -0.4 is 9.64 Å². The first kappa shape index (κ1) is 31.5. The smallest absolute Gasteiger partial charge is 0.319 e. The number of ether oxygens (including phenoxy) is 1. The van der Waals surface area contributed by atoms with Gasteiger partial charge in [-0.15, -0.1) is 0 Å². The van der Waals surface area contributed by atoms with Crippen LogP contribution in [0.5, 0.6) is 6.01 Å². The SMILES string of the molecule is [C-]#[N+]C[C@H]1CN(c2nc(OC[C@@H]3C[C@@H](F)CN3C)nc3c(F)c(-c4cccc5cccc(Cl)c45)c(F)cc23)CCN1C(=O)C(=C)F. The number of aromatic nitrogens is 2. The molecule has 6 rings (SSSR count). The fraction of sp³-hybridized carbons (Fsp3) is 0.333. The molecule has 0 N–H and O–H groups in total. The molecule has 3 atom stereocenters. The molecule has 0 bridgehead atoms. The predicted molar refractivity (Wildman–Crippen MR) is 168 cm³/mol. The number of amides is 1. The molecule has 8 nitrogen and oxygen atoms in total. The Morgan fingerprint density at radius 2 is 1.91 bits per heavy atom. The summed E-state index contributed by atoms with van der Waals surface area (Å²) in [6.45, 7) is 10.7. The van der Waals surface area contributed by atoms with E-state index in [1.165, 1.54) is 4.90 Å². The average molecular weight is 653 g/mol. The minimum absolute atomic E-state index is 0.00591. The summed E-state index contributed by atoms with van der Waals surface area (Å²) in [7, 11) is 1.77. The van der Waals surface area contributed by atoms with Crippen LogP contribution in [0.25, 0.3) is 37.6 Å². The van der Waals surface area contributed by atoms with Crippen molar-refractivity contribution in [3.8, 4) is 17.1 Å². The number of likely N-dealkylation sites (N-methyl/N-ethyl adjacent to an activating group) is 1. The van der Waals surface area contributed by atoms with E-state index < -0.39 is 35.6 Å². The third kappa shape index (κ3) is 5.81. The molecule has 4 aromatic rings. The largest absolute Gasteiger partial charge is 0.462 e. The van der Waals surface area contributed by atoms with Gasteiger partial charge in [0.05, 0.1) is 5.56 Å². The highest BCUT2D eigenvalue weighted by Crippen LogP contribution is 2.40. The molecule has 2 aliphatic rings. The van der Waals surface area contributed by atoms with E-state index in [0.717, 1.165) is 6.07 Å². The van der Waals surface area contributed by atoms with Crippen molar-refractivity contribution >= 4 is 45.0 Å². The standard InChI is InChI=1S/C33H29ClF4N6O2/c1-18(35)32(45)44-11-10-43(16-22(44)14-39-2)31-24-13-26(37)28(23-8-4-6-19-7-5-9-25(34)27(19)23)29(38)30(24)40-33(41-31)46-17-21-12-20(36)15-42(21)3/h4-9,13,20-22H,1,10-12,14-17H2,3H3/t20-,21+,22+/m1/s1. The van der Waals surface area contributed by atoms with Crippen molar-refractivity contribution in [3.05, 3.63) is 82.9 Å². The van der Waals surface area contributed by atoms with Gasteiger partial charge in [0, 0.05) is 48.0 Å². The third-order valence-corrected chi connectivity index (χ3v) is 8.90. The summed E-state index contributed by atoms with van der Waals surface area (Å²) in [6.07, 6.45) is -0.766. The summed E-state index contributed by atoms with van der Waals surface area (Å²) < 4.78 is 66.5. The Bertz CT molecular complexity index is 1900. The number of likely N-dealkylation sites (tertiary alicyclic amines) is 1. The molecule has 46 heavy (non-hydrogen) atoms. The summed E-state index contributed by atoms with van der Waals surface area (Å²) >= 11 is 6.50. The Balaban J connectivity index is 1.48. The van der Waals surface area contributed by atoms with Crippen molar-refractivity contribution in [2.24, 2.45) is 0 Å². The summed E-state index contributed by atoms with van der Waals surface area (Å²) in [5, 5.41) is 1.52. The zero-order valence-electron chi connectivity index (χ0n) is 24.8. The number of halogens is 5. The van der Waals surface area contributed by atoms with E-state index in [1.807, 2.05) is 4.90 Å². The number of carbonyl (C=O) groups excluding carboxylic acids is 1. The summed E-state index contributed by atoms with van der Waals surface area (Å²) in [5.41, 5.74) is -0.318.